The summed E-state index contributed by atoms with van der Waals surface area (Å²) < 4.78 is 0. The fraction of sp³-hybridized carbons (Fsp3) is 0.105. The summed E-state index contributed by atoms with van der Waals surface area (Å²) in [5, 5.41) is 4.91. The molecule has 0 bridgehead atoms. The van der Waals surface area contributed by atoms with E-state index in [4.69, 9.17) is 11.6 Å². The third-order valence-electron chi connectivity index (χ3n) is 3.98. The number of aromatic amines is 1. The van der Waals surface area contributed by atoms with Crippen molar-refractivity contribution in [2.75, 3.05) is 5.32 Å². The number of carbonyl (C=O) groups excluding carboxylic acids is 1. The number of imidazole rings is 1. The van der Waals surface area contributed by atoms with Gasteiger partial charge in [0.15, 0.2) is 5.16 Å². The first-order valence-electron chi connectivity index (χ1n) is 8.07. The van der Waals surface area contributed by atoms with Crippen LogP contribution in [0.5, 0.6) is 0 Å². The quantitative estimate of drug-likeness (QED) is 0.493. The molecule has 5 nitrogen and oxygen atoms in total. The summed E-state index contributed by atoms with van der Waals surface area (Å²) in [6.45, 7) is 1.85. The largest absolute Gasteiger partial charge is 0.333 e. The van der Waals surface area contributed by atoms with Gasteiger partial charge in [0.25, 0.3) is 0 Å². The van der Waals surface area contributed by atoms with E-state index in [1.807, 2.05) is 49.4 Å². The number of pyridine rings is 1. The maximum atomic E-state index is 12.6. The van der Waals surface area contributed by atoms with Crippen LogP contribution in [0.25, 0.3) is 21.9 Å². The minimum atomic E-state index is -0.321. The van der Waals surface area contributed by atoms with Gasteiger partial charge in [0.2, 0.25) is 5.91 Å². The number of rotatable bonds is 4. The van der Waals surface area contributed by atoms with E-state index >= 15 is 0 Å². The number of thioether (sulfide) groups is 1. The number of benzene rings is 2. The number of anilines is 1. The van der Waals surface area contributed by atoms with Gasteiger partial charge in [-0.15, -0.1) is 0 Å². The highest BCUT2D eigenvalue weighted by molar-refractivity contribution is 8.00. The van der Waals surface area contributed by atoms with Crippen LogP contribution in [0.2, 0.25) is 5.02 Å². The molecule has 26 heavy (non-hydrogen) atoms. The molecule has 0 saturated carbocycles. The summed E-state index contributed by atoms with van der Waals surface area (Å²) in [7, 11) is 0. The Balaban J connectivity index is 1.51. The number of amides is 1. The molecule has 2 heterocycles. The van der Waals surface area contributed by atoms with E-state index in [9.17, 15) is 4.79 Å². The van der Waals surface area contributed by atoms with Crippen LogP contribution < -0.4 is 5.32 Å². The second-order valence-electron chi connectivity index (χ2n) is 5.83. The van der Waals surface area contributed by atoms with E-state index in [0.717, 1.165) is 27.6 Å². The maximum absolute atomic E-state index is 12.6. The summed E-state index contributed by atoms with van der Waals surface area (Å²) in [5.41, 5.74) is 3.28. The van der Waals surface area contributed by atoms with E-state index in [1.165, 1.54) is 11.8 Å². The van der Waals surface area contributed by atoms with E-state index in [0.29, 0.717) is 10.2 Å². The first kappa shape index (κ1) is 16.9. The van der Waals surface area contributed by atoms with Crippen LogP contribution in [0.4, 0.5) is 5.69 Å². The van der Waals surface area contributed by atoms with Crippen molar-refractivity contribution in [3.63, 3.8) is 0 Å². The van der Waals surface area contributed by atoms with Gasteiger partial charge in [-0.25, -0.2) is 4.98 Å². The Morgan fingerprint density at radius 2 is 2.08 bits per heavy atom. The van der Waals surface area contributed by atoms with Gasteiger partial charge >= 0.3 is 0 Å². The van der Waals surface area contributed by atoms with Gasteiger partial charge in [0.05, 0.1) is 27.5 Å². The van der Waals surface area contributed by atoms with Crippen LogP contribution >= 0.6 is 23.4 Å². The molecule has 0 aliphatic rings. The summed E-state index contributed by atoms with van der Waals surface area (Å²) in [4.78, 5) is 24.6. The lowest BCUT2D eigenvalue weighted by atomic mass is 10.2. The monoisotopic (exact) mass is 382 g/mol. The first-order valence-corrected chi connectivity index (χ1v) is 9.32. The fourth-order valence-electron chi connectivity index (χ4n) is 2.68. The molecule has 0 radical (unpaired) electrons. The molecule has 4 rings (SSSR count). The second kappa shape index (κ2) is 6.97. The zero-order valence-electron chi connectivity index (χ0n) is 13.9. The second-order valence-corrected chi connectivity index (χ2v) is 7.59. The highest BCUT2D eigenvalue weighted by atomic mass is 35.5. The molecule has 0 saturated heterocycles. The molecule has 0 aliphatic heterocycles. The van der Waals surface area contributed by atoms with Gasteiger partial charge in [-0.2, -0.15) is 0 Å². The van der Waals surface area contributed by atoms with Crippen molar-refractivity contribution in [2.24, 2.45) is 0 Å². The lowest BCUT2D eigenvalue weighted by molar-refractivity contribution is -0.115. The number of hydrogen-bond donors (Lipinski definition) is 2. The first-order chi connectivity index (χ1) is 12.6. The SMILES string of the molecule is CC(Sc1nc2ccc(Cl)cc2[nH]1)C(=O)Nc1cccc2ncccc12. The lowest BCUT2D eigenvalue weighted by Crippen LogP contribution is -2.22. The van der Waals surface area contributed by atoms with Crippen LogP contribution in [0.1, 0.15) is 6.92 Å². The summed E-state index contributed by atoms with van der Waals surface area (Å²) >= 11 is 7.37. The highest BCUT2D eigenvalue weighted by Crippen LogP contribution is 2.27. The Morgan fingerprint density at radius 1 is 1.19 bits per heavy atom. The van der Waals surface area contributed by atoms with Crippen LogP contribution in [0, 0.1) is 0 Å². The lowest BCUT2D eigenvalue weighted by Gasteiger charge is -2.12. The maximum Gasteiger partial charge on any atom is 0.237 e. The van der Waals surface area contributed by atoms with Crippen molar-refractivity contribution >= 4 is 56.9 Å². The normalized spacial score (nSPS) is 12.4. The van der Waals surface area contributed by atoms with Gasteiger partial charge in [0.1, 0.15) is 0 Å². The molecule has 7 heteroatoms. The minimum absolute atomic E-state index is 0.0927. The van der Waals surface area contributed by atoms with Crippen LogP contribution in [-0.2, 0) is 4.79 Å². The van der Waals surface area contributed by atoms with Crippen molar-refractivity contribution in [2.45, 2.75) is 17.3 Å². The van der Waals surface area contributed by atoms with E-state index < -0.39 is 0 Å². The summed E-state index contributed by atoms with van der Waals surface area (Å²) in [6, 6.07) is 14.9. The van der Waals surface area contributed by atoms with Gasteiger partial charge in [-0.05, 0) is 49.4 Å². The molecule has 1 unspecified atom stereocenters. The number of hydrogen-bond acceptors (Lipinski definition) is 4. The summed E-state index contributed by atoms with van der Waals surface area (Å²) in [5.74, 6) is -0.0927. The van der Waals surface area contributed by atoms with E-state index in [1.54, 1.807) is 12.3 Å². The zero-order valence-corrected chi connectivity index (χ0v) is 15.4. The Morgan fingerprint density at radius 3 is 2.96 bits per heavy atom. The Hall–Kier alpha value is -2.57. The van der Waals surface area contributed by atoms with Crippen LogP contribution in [-0.4, -0.2) is 26.1 Å². The van der Waals surface area contributed by atoms with E-state index in [2.05, 4.69) is 20.3 Å². The molecule has 130 valence electrons. The number of nitrogens with one attached hydrogen (secondary N) is 2. The molecule has 2 aromatic carbocycles. The predicted octanol–water partition coefficient (Wildman–Crippen LogP) is 4.88. The Kier molecular flexibility index (Phi) is 4.53. The molecule has 1 atom stereocenters. The van der Waals surface area contributed by atoms with Crippen molar-refractivity contribution in [3.8, 4) is 0 Å². The number of aromatic nitrogens is 3. The molecule has 2 aromatic heterocycles. The average Bonchev–Trinajstić information content (AvgIpc) is 3.03. The topological polar surface area (TPSA) is 70.7 Å². The van der Waals surface area contributed by atoms with Gasteiger partial charge in [-0.3, -0.25) is 9.78 Å². The van der Waals surface area contributed by atoms with E-state index in [-0.39, 0.29) is 11.2 Å². The third-order valence-corrected chi connectivity index (χ3v) is 5.20. The van der Waals surface area contributed by atoms with Gasteiger partial charge in [0, 0.05) is 16.6 Å². The third kappa shape index (κ3) is 3.38. The van der Waals surface area contributed by atoms with Crippen molar-refractivity contribution in [1.29, 1.82) is 0 Å². The van der Waals surface area contributed by atoms with Gasteiger partial charge < -0.3 is 10.3 Å². The van der Waals surface area contributed by atoms with Crippen molar-refractivity contribution in [3.05, 3.63) is 59.8 Å². The van der Waals surface area contributed by atoms with Crippen LogP contribution in [0.3, 0.4) is 0 Å². The molecular formula is C19H15ClN4OS. The van der Waals surface area contributed by atoms with Crippen molar-refractivity contribution in [1.82, 2.24) is 15.0 Å². The Bertz CT molecular complexity index is 1110. The highest BCUT2D eigenvalue weighted by Gasteiger charge is 2.17. The van der Waals surface area contributed by atoms with Crippen LogP contribution in [0.15, 0.2) is 59.9 Å². The smallest absolute Gasteiger partial charge is 0.237 e. The number of H-pyrrole nitrogens is 1. The van der Waals surface area contributed by atoms with Gasteiger partial charge in [-0.1, -0.05) is 29.4 Å². The fourth-order valence-corrected chi connectivity index (χ4v) is 3.67. The summed E-state index contributed by atoms with van der Waals surface area (Å²) in [6.07, 6.45) is 1.74. The molecule has 0 aliphatic carbocycles. The molecule has 0 spiro atoms. The predicted molar refractivity (Wildman–Crippen MR) is 107 cm³/mol. The minimum Gasteiger partial charge on any atom is -0.333 e. The zero-order chi connectivity index (χ0) is 18.1. The number of halogens is 1. The average molecular weight is 383 g/mol. The molecule has 0 fully saturated rings. The standard InChI is InChI=1S/C19H15ClN4OS/c1-11(26-19-23-16-8-7-12(20)10-17(16)24-19)18(25)22-15-6-2-5-14-13(15)4-3-9-21-14/h2-11H,1H3,(H,22,25)(H,23,24). The number of nitrogens with zero attached hydrogens (tertiary/aromatic N) is 2. The molecule has 2 N–H and O–H groups in total. The Labute approximate surface area is 159 Å². The number of fused-ring (bicyclic) bond motifs is 2. The molecular weight excluding hydrogens is 368 g/mol. The number of carbonyl (C=O) groups is 1. The molecule has 1 amide bonds. The molecule has 4 aromatic rings. The van der Waals surface area contributed by atoms with Crippen molar-refractivity contribution < 1.29 is 4.79 Å².